The first kappa shape index (κ1) is 9.02. The van der Waals surface area contributed by atoms with Crippen LogP contribution < -0.4 is 4.74 Å². The average molecular weight is 194 g/mol. The predicted molar refractivity (Wildman–Crippen MR) is 48.6 cm³/mol. The molecule has 0 aromatic heterocycles. The Morgan fingerprint density at radius 1 is 1.57 bits per heavy atom. The Kier molecular flexibility index (Phi) is 2.37. The van der Waals surface area contributed by atoms with Crippen molar-refractivity contribution in [2.45, 2.75) is 6.10 Å². The van der Waals surface area contributed by atoms with Crippen molar-refractivity contribution in [1.82, 2.24) is 0 Å². The van der Waals surface area contributed by atoms with Gasteiger partial charge in [0.25, 0.3) is 0 Å². The number of carbonyl (C=O) groups is 1. The Hall–Kier alpha value is -1.55. The zero-order valence-corrected chi connectivity index (χ0v) is 7.47. The van der Waals surface area contributed by atoms with Gasteiger partial charge in [-0.2, -0.15) is 0 Å². The number of aromatic carboxylic acids is 1. The van der Waals surface area contributed by atoms with Gasteiger partial charge in [0.1, 0.15) is 24.0 Å². The number of rotatable bonds is 4. The van der Waals surface area contributed by atoms with Crippen LogP contribution in [0.5, 0.6) is 5.75 Å². The minimum atomic E-state index is -0.975. The maximum atomic E-state index is 10.8. The number of carboxylic acid groups (broad SMARTS) is 1. The van der Waals surface area contributed by atoms with Gasteiger partial charge < -0.3 is 14.6 Å². The van der Waals surface area contributed by atoms with Gasteiger partial charge >= 0.3 is 5.97 Å². The summed E-state index contributed by atoms with van der Waals surface area (Å²) < 4.78 is 10.3. The second kappa shape index (κ2) is 3.67. The Bertz CT molecular complexity index is 344. The largest absolute Gasteiger partial charge is 0.490 e. The molecule has 0 bridgehead atoms. The molecule has 0 saturated carbocycles. The van der Waals surface area contributed by atoms with Crippen molar-refractivity contribution in [2.75, 3.05) is 13.2 Å². The van der Waals surface area contributed by atoms with Crippen LogP contribution in [0.3, 0.4) is 0 Å². The molecule has 1 atom stereocenters. The van der Waals surface area contributed by atoms with Crippen LogP contribution >= 0.6 is 0 Å². The van der Waals surface area contributed by atoms with Crippen LogP contribution in [0.4, 0.5) is 0 Å². The van der Waals surface area contributed by atoms with Crippen LogP contribution in [-0.4, -0.2) is 30.4 Å². The van der Waals surface area contributed by atoms with E-state index in [1.807, 2.05) is 0 Å². The number of carboxylic acids is 1. The summed E-state index contributed by atoms with van der Waals surface area (Å²) in [7, 11) is 0. The van der Waals surface area contributed by atoms with Crippen molar-refractivity contribution in [3.8, 4) is 5.75 Å². The van der Waals surface area contributed by atoms with Crippen LogP contribution in [0.15, 0.2) is 24.3 Å². The molecule has 1 unspecified atom stereocenters. The SMILES string of the molecule is O=C(O)c1ccccc1OCC1CO1. The summed E-state index contributed by atoms with van der Waals surface area (Å²) in [6.45, 7) is 1.12. The lowest BCUT2D eigenvalue weighted by atomic mass is 10.2. The molecule has 74 valence electrons. The third-order valence-electron chi connectivity index (χ3n) is 1.94. The zero-order valence-electron chi connectivity index (χ0n) is 7.47. The third kappa shape index (κ3) is 2.03. The molecular formula is C10H10O4. The van der Waals surface area contributed by atoms with Gasteiger partial charge in [0.05, 0.1) is 6.61 Å². The second-order valence-electron chi connectivity index (χ2n) is 3.07. The second-order valence-corrected chi connectivity index (χ2v) is 3.07. The lowest BCUT2D eigenvalue weighted by Gasteiger charge is -2.06. The molecule has 4 nitrogen and oxygen atoms in total. The molecule has 0 aliphatic carbocycles. The van der Waals surface area contributed by atoms with Gasteiger partial charge in [0.2, 0.25) is 0 Å². The Balaban J connectivity index is 2.09. The Morgan fingerprint density at radius 3 is 2.93 bits per heavy atom. The summed E-state index contributed by atoms with van der Waals surface area (Å²) >= 11 is 0. The van der Waals surface area contributed by atoms with Crippen molar-refractivity contribution in [2.24, 2.45) is 0 Å². The van der Waals surface area contributed by atoms with E-state index in [1.165, 1.54) is 6.07 Å². The molecule has 0 radical (unpaired) electrons. The van der Waals surface area contributed by atoms with Gasteiger partial charge in [-0.3, -0.25) is 0 Å². The highest BCUT2D eigenvalue weighted by Crippen LogP contribution is 2.19. The molecule has 1 fully saturated rings. The van der Waals surface area contributed by atoms with Crippen LogP contribution in [0.1, 0.15) is 10.4 Å². The molecule has 0 amide bonds. The maximum absolute atomic E-state index is 10.8. The van der Waals surface area contributed by atoms with Gasteiger partial charge in [-0.05, 0) is 12.1 Å². The standard InChI is InChI=1S/C10H10O4/c11-10(12)8-3-1-2-4-9(8)14-6-7-5-13-7/h1-4,7H,5-6H2,(H,11,12). The summed E-state index contributed by atoms with van der Waals surface area (Å²) in [6.07, 6.45) is 0.136. The minimum absolute atomic E-state index is 0.136. The highest BCUT2D eigenvalue weighted by molar-refractivity contribution is 5.90. The molecule has 0 spiro atoms. The highest BCUT2D eigenvalue weighted by atomic mass is 16.6. The number of epoxide rings is 1. The van der Waals surface area contributed by atoms with E-state index in [1.54, 1.807) is 18.2 Å². The predicted octanol–water partition coefficient (Wildman–Crippen LogP) is 1.16. The van der Waals surface area contributed by atoms with Gasteiger partial charge in [0, 0.05) is 0 Å². The van der Waals surface area contributed by atoms with Crippen LogP contribution in [0, 0.1) is 0 Å². The number of hydrogen-bond acceptors (Lipinski definition) is 3. The quantitative estimate of drug-likeness (QED) is 0.731. The molecule has 1 heterocycles. The Morgan fingerprint density at radius 2 is 2.29 bits per heavy atom. The van der Waals surface area contributed by atoms with Crippen molar-refractivity contribution in [3.63, 3.8) is 0 Å². The van der Waals surface area contributed by atoms with E-state index >= 15 is 0 Å². The van der Waals surface area contributed by atoms with E-state index in [4.69, 9.17) is 14.6 Å². The fraction of sp³-hybridized carbons (Fsp3) is 0.300. The fourth-order valence-electron chi connectivity index (χ4n) is 1.12. The minimum Gasteiger partial charge on any atom is -0.490 e. The number of para-hydroxylation sites is 1. The molecule has 1 saturated heterocycles. The van der Waals surface area contributed by atoms with E-state index in [-0.39, 0.29) is 11.7 Å². The first-order valence-electron chi connectivity index (χ1n) is 4.34. The van der Waals surface area contributed by atoms with Gasteiger partial charge in [-0.15, -0.1) is 0 Å². The molecule has 1 aliphatic rings. The average Bonchev–Trinajstić information content (AvgIpc) is 2.98. The molecule has 1 aromatic carbocycles. The molecule has 4 heteroatoms. The molecule has 14 heavy (non-hydrogen) atoms. The lowest BCUT2D eigenvalue weighted by molar-refractivity contribution is 0.0691. The maximum Gasteiger partial charge on any atom is 0.339 e. The summed E-state index contributed by atoms with van der Waals surface area (Å²) in [5.41, 5.74) is 0.188. The van der Waals surface area contributed by atoms with Crippen LogP contribution in [0.2, 0.25) is 0 Å². The van der Waals surface area contributed by atoms with E-state index in [2.05, 4.69) is 0 Å². The van der Waals surface area contributed by atoms with Crippen molar-refractivity contribution >= 4 is 5.97 Å². The van der Waals surface area contributed by atoms with E-state index in [0.717, 1.165) is 0 Å². The van der Waals surface area contributed by atoms with Gasteiger partial charge in [-0.1, -0.05) is 12.1 Å². The summed E-state index contributed by atoms with van der Waals surface area (Å²) in [5, 5.41) is 8.84. The normalized spacial score (nSPS) is 19.0. The first-order chi connectivity index (χ1) is 6.77. The molecule has 1 N–H and O–H groups in total. The third-order valence-corrected chi connectivity index (χ3v) is 1.94. The zero-order chi connectivity index (χ0) is 9.97. The number of benzene rings is 1. The van der Waals surface area contributed by atoms with E-state index in [9.17, 15) is 4.79 Å². The highest BCUT2D eigenvalue weighted by Gasteiger charge is 2.23. The Labute approximate surface area is 81.1 Å². The van der Waals surface area contributed by atoms with Crippen LogP contribution in [0.25, 0.3) is 0 Å². The summed E-state index contributed by atoms with van der Waals surface area (Å²) in [5.74, 6) is -0.576. The number of ether oxygens (including phenoxy) is 2. The molecule has 1 aromatic rings. The van der Waals surface area contributed by atoms with Crippen molar-refractivity contribution < 1.29 is 19.4 Å². The van der Waals surface area contributed by atoms with Crippen molar-refractivity contribution in [3.05, 3.63) is 29.8 Å². The fourth-order valence-corrected chi connectivity index (χ4v) is 1.12. The monoisotopic (exact) mass is 194 g/mol. The smallest absolute Gasteiger partial charge is 0.339 e. The van der Waals surface area contributed by atoms with E-state index in [0.29, 0.717) is 19.0 Å². The first-order valence-corrected chi connectivity index (χ1v) is 4.34. The van der Waals surface area contributed by atoms with Gasteiger partial charge in [-0.25, -0.2) is 4.79 Å². The van der Waals surface area contributed by atoms with Crippen LogP contribution in [-0.2, 0) is 4.74 Å². The van der Waals surface area contributed by atoms with E-state index < -0.39 is 5.97 Å². The molecule has 1 aliphatic heterocycles. The summed E-state index contributed by atoms with van der Waals surface area (Å²) in [6, 6.07) is 6.58. The van der Waals surface area contributed by atoms with Crippen molar-refractivity contribution in [1.29, 1.82) is 0 Å². The number of hydrogen-bond donors (Lipinski definition) is 1. The summed E-state index contributed by atoms with van der Waals surface area (Å²) in [4.78, 5) is 10.8. The topological polar surface area (TPSA) is 59.1 Å². The van der Waals surface area contributed by atoms with Gasteiger partial charge in [0.15, 0.2) is 0 Å². The molecular weight excluding hydrogens is 184 g/mol. The molecule has 2 rings (SSSR count). The lowest BCUT2D eigenvalue weighted by Crippen LogP contribution is -2.08.